The number of nitrogens with two attached hydrogens (primary N) is 1. The molecule has 0 aliphatic rings. The van der Waals surface area contributed by atoms with Gasteiger partial charge in [-0.15, -0.1) is 0 Å². The van der Waals surface area contributed by atoms with Gasteiger partial charge in [-0.25, -0.2) is 0 Å². The van der Waals surface area contributed by atoms with Crippen molar-refractivity contribution < 1.29 is 0 Å². The molecule has 0 aliphatic heterocycles. The summed E-state index contributed by atoms with van der Waals surface area (Å²) >= 11 is 7.06. The number of hydrogen-bond donors (Lipinski definition) is 1. The summed E-state index contributed by atoms with van der Waals surface area (Å²) in [4.78, 5) is 0. The highest BCUT2D eigenvalue weighted by molar-refractivity contribution is 9.11. The van der Waals surface area contributed by atoms with E-state index in [0.717, 1.165) is 23.9 Å². The molecule has 2 N–H and O–H groups in total. The molecular formula is C11H15Br2N. The van der Waals surface area contributed by atoms with Crippen molar-refractivity contribution in [1.82, 2.24) is 0 Å². The van der Waals surface area contributed by atoms with Crippen molar-refractivity contribution >= 4 is 31.9 Å². The first-order valence-electron chi connectivity index (χ1n) is 4.80. The molecular weight excluding hydrogens is 306 g/mol. The Hall–Kier alpha value is 0.140. The van der Waals surface area contributed by atoms with E-state index in [1.165, 1.54) is 10.0 Å². The minimum Gasteiger partial charge on any atom is -0.330 e. The molecule has 1 aromatic rings. The normalized spacial score (nSPS) is 12.9. The van der Waals surface area contributed by atoms with E-state index in [-0.39, 0.29) is 0 Å². The van der Waals surface area contributed by atoms with Crippen LogP contribution in [-0.4, -0.2) is 6.54 Å². The number of halogens is 2. The summed E-state index contributed by atoms with van der Waals surface area (Å²) < 4.78 is 2.32. The molecule has 0 aliphatic carbocycles. The predicted octanol–water partition coefficient (Wildman–Crippen LogP) is 4.05. The summed E-state index contributed by atoms with van der Waals surface area (Å²) in [7, 11) is 0. The maximum atomic E-state index is 5.50. The third-order valence-electron chi connectivity index (χ3n) is 2.33. The van der Waals surface area contributed by atoms with Gasteiger partial charge in [-0.1, -0.05) is 38.8 Å². The van der Waals surface area contributed by atoms with Gasteiger partial charge in [-0.05, 0) is 49.1 Å². The fourth-order valence-corrected chi connectivity index (χ4v) is 2.49. The van der Waals surface area contributed by atoms with Crippen LogP contribution < -0.4 is 5.73 Å². The van der Waals surface area contributed by atoms with Crippen molar-refractivity contribution in [2.75, 3.05) is 6.54 Å². The molecule has 1 unspecified atom stereocenters. The molecule has 1 aromatic carbocycles. The molecule has 0 saturated heterocycles. The maximum Gasteiger partial charge on any atom is 0.0210 e. The molecule has 78 valence electrons. The van der Waals surface area contributed by atoms with Crippen molar-refractivity contribution in [1.29, 1.82) is 0 Å². The van der Waals surface area contributed by atoms with Gasteiger partial charge in [-0.3, -0.25) is 0 Å². The van der Waals surface area contributed by atoms with Crippen LogP contribution in [0.1, 0.15) is 31.2 Å². The van der Waals surface area contributed by atoms with Crippen LogP contribution in [0.5, 0.6) is 0 Å². The summed E-state index contributed by atoms with van der Waals surface area (Å²) in [6.07, 6.45) is 2.23. The highest BCUT2D eigenvalue weighted by atomic mass is 79.9. The molecule has 0 heterocycles. The number of benzene rings is 1. The van der Waals surface area contributed by atoms with Gasteiger partial charge in [0, 0.05) is 8.95 Å². The molecule has 0 spiro atoms. The molecule has 0 bridgehead atoms. The Morgan fingerprint density at radius 2 is 2.07 bits per heavy atom. The first kappa shape index (κ1) is 12.2. The van der Waals surface area contributed by atoms with Crippen LogP contribution in [0.3, 0.4) is 0 Å². The fourth-order valence-electron chi connectivity index (χ4n) is 1.47. The summed E-state index contributed by atoms with van der Waals surface area (Å²) in [5, 5.41) is 0. The highest BCUT2D eigenvalue weighted by Gasteiger charge is 2.09. The van der Waals surface area contributed by atoms with Gasteiger partial charge in [0.15, 0.2) is 0 Å². The molecule has 0 radical (unpaired) electrons. The topological polar surface area (TPSA) is 26.0 Å². The second kappa shape index (κ2) is 5.89. The molecule has 0 fully saturated rings. The largest absolute Gasteiger partial charge is 0.330 e. The van der Waals surface area contributed by atoms with Gasteiger partial charge in [0.1, 0.15) is 0 Å². The average Bonchev–Trinajstić information content (AvgIpc) is 2.18. The van der Waals surface area contributed by atoms with Crippen molar-refractivity contribution in [2.24, 2.45) is 5.73 Å². The average molecular weight is 321 g/mol. The Kier molecular flexibility index (Phi) is 5.13. The smallest absolute Gasteiger partial charge is 0.0210 e. The monoisotopic (exact) mass is 319 g/mol. The van der Waals surface area contributed by atoms with Crippen molar-refractivity contribution in [3.8, 4) is 0 Å². The van der Waals surface area contributed by atoms with Gasteiger partial charge in [0.05, 0.1) is 0 Å². The Labute approximate surface area is 102 Å². The maximum absolute atomic E-state index is 5.50. The third-order valence-corrected chi connectivity index (χ3v) is 3.55. The second-order valence-corrected chi connectivity index (χ2v) is 5.27. The van der Waals surface area contributed by atoms with Gasteiger partial charge in [-0.2, -0.15) is 0 Å². The van der Waals surface area contributed by atoms with Crippen LogP contribution in [0, 0.1) is 0 Å². The minimum absolute atomic E-state index is 0.561. The number of rotatable bonds is 4. The van der Waals surface area contributed by atoms with Crippen LogP contribution >= 0.6 is 31.9 Å². The zero-order valence-electron chi connectivity index (χ0n) is 8.26. The first-order valence-corrected chi connectivity index (χ1v) is 6.38. The lowest BCUT2D eigenvalue weighted by atomic mass is 9.96. The van der Waals surface area contributed by atoms with Gasteiger partial charge in [0.25, 0.3) is 0 Å². The van der Waals surface area contributed by atoms with E-state index in [9.17, 15) is 0 Å². The SMILES string of the molecule is CC(CCCN)c1cc(Br)ccc1Br. The molecule has 1 nitrogen and oxygen atoms in total. The molecule has 14 heavy (non-hydrogen) atoms. The van der Waals surface area contributed by atoms with Crippen molar-refractivity contribution in [2.45, 2.75) is 25.7 Å². The fraction of sp³-hybridized carbons (Fsp3) is 0.455. The van der Waals surface area contributed by atoms with Gasteiger partial charge >= 0.3 is 0 Å². The minimum atomic E-state index is 0.561. The molecule has 0 aromatic heterocycles. The first-order chi connectivity index (χ1) is 6.65. The Bertz CT molecular complexity index is 299. The summed E-state index contributed by atoms with van der Waals surface area (Å²) in [6.45, 7) is 3.01. The summed E-state index contributed by atoms with van der Waals surface area (Å²) in [6, 6.07) is 6.30. The summed E-state index contributed by atoms with van der Waals surface area (Å²) in [5.41, 5.74) is 6.86. The Morgan fingerprint density at radius 3 is 2.71 bits per heavy atom. The third kappa shape index (κ3) is 3.37. The van der Waals surface area contributed by atoms with Crippen molar-refractivity contribution in [3.05, 3.63) is 32.7 Å². The lowest BCUT2D eigenvalue weighted by Gasteiger charge is -2.13. The van der Waals surface area contributed by atoms with E-state index < -0.39 is 0 Å². The van der Waals surface area contributed by atoms with E-state index in [4.69, 9.17) is 5.73 Å². The number of hydrogen-bond acceptors (Lipinski definition) is 1. The zero-order valence-corrected chi connectivity index (χ0v) is 11.4. The van der Waals surface area contributed by atoms with Crippen LogP contribution in [0.4, 0.5) is 0 Å². The standard InChI is InChI=1S/C11H15Br2N/c1-8(3-2-6-14)10-7-9(12)4-5-11(10)13/h4-5,7-8H,2-3,6,14H2,1H3. The lowest BCUT2D eigenvalue weighted by molar-refractivity contribution is 0.638. The molecule has 3 heteroatoms. The molecule has 1 atom stereocenters. The Balaban J connectivity index is 2.77. The van der Waals surface area contributed by atoms with Crippen LogP contribution in [-0.2, 0) is 0 Å². The van der Waals surface area contributed by atoms with Crippen LogP contribution in [0.25, 0.3) is 0 Å². The van der Waals surface area contributed by atoms with Crippen LogP contribution in [0.2, 0.25) is 0 Å². The second-order valence-electron chi connectivity index (χ2n) is 3.50. The van der Waals surface area contributed by atoms with Crippen molar-refractivity contribution in [3.63, 3.8) is 0 Å². The van der Waals surface area contributed by atoms with E-state index in [0.29, 0.717) is 5.92 Å². The lowest BCUT2D eigenvalue weighted by Crippen LogP contribution is -2.02. The molecule has 0 saturated carbocycles. The predicted molar refractivity (Wildman–Crippen MR) is 68.5 cm³/mol. The van der Waals surface area contributed by atoms with E-state index >= 15 is 0 Å². The van der Waals surface area contributed by atoms with E-state index in [2.05, 4.69) is 50.9 Å². The highest BCUT2D eigenvalue weighted by Crippen LogP contribution is 2.30. The Morgan fingerprint density at radius 1 is 1.36 bits per heavy atom. The molecule has 1 rings (SSSR count). The van der Waals surface area contributed by atoms with Gasteiger partial charge < -0.3 is 5.73 Å². The zero-order chi connectivity index (χ0) is 10.6. The van der Waals surface area contributed by atoms with Crippen LogP contribution in [0.15, 0.2) is 27.1 Å². The summed E-state index contributed by atoms with van der Waals surface area (Å²) in [5.74, 6) is 0.561. The van der Waals surface area contributed by atoms with Gasteiger partial charge in [0.2, 0.25) is 0 Å². The van der Waals surface area contributed by atoms with E-state index in [1.54, 1.807) is 0 Å². The quantitative estimate of drug-likeness (QED) is 0.889. The molecule has 0 amide bonds. The van der Waals surface area contributed by atoms with E-state index in [1.807, 2.05) is 6.07 Å².